The maximum absolute atomic E-state index is 11.6. The molecule has 3 rings (SSSR count). The lowest BCUT2D eigenvalue weighted by atomic mass is 9.98. The van der Waals surface area contributed by atoms with Gasteiger partial charge in [-0.3, -0.25) is 9.59 Å². The summed E-state index contributed by atoms with van der Waals surface area (Å²) in [5.41, 5.74) is 3.05. The molecule has 5 nitrogen and oxygen atoms in total. The standard InChI is InChI=1S/C14H16N2O3/c1-16-12-5-8(2-3-9(12)6-13(16)17)11-4-10(7-15-11)14(18)19/h2-3,5,10-11,15H,4,6-7H2,1H3,(H,18,19). The number of carbonyl (C=O) groups is 2. The van der Waals surface area contributed by atoms with E-state index in [1.807, 2.05) is 18.2 Å². The van der Waals surface area contributed by atoms with Gasteiger partial charge in [-0.05, 0) is 23.6 Å². The van der Waals surface area contributed by atoms with Crippen molar-refractivity contribution in [2.24, 2.45) is 5.92 Å². The van der Waals surface area contributed by atoms with E-state index in [1.54, 1.807) is 11.9 Å². The molecule has 1 saturated heterocycles. The number of carboxylic acid groups (broad SMARTS) is 1. The number of anilines is 1. The number of rotatable bonds is 2. The van der Waals surface area contributed by atoms with Crippen LogP contribution in [-0.2, 0) is 16.0 Å². The van der Waals surface area contributed by atoms with Crippen molar-refractivity contribution in [2.45, 2.75) is 18.9 Å². The van der Waals surface area contributed by atoms with Crippen LogP contribution in [0.25, 0.3) is 0 Å². The van der Waals surface area contributed by atoms with Crippen molar-refractivity contribution >= 4 is 17.6 Å². The second-order valence-electron chi connectivity index (χ2n) is 5.25. The predicted molar refractivity (Wildman–Crippen MR) is 70.0 cm³/mol. The molecular formula is C14H16N2O3. The number of aliphatic carboxylic acids is 1. The molecule has 100 valence electrons. The van der Waals surface area contributed by atoms with E-state index in [4.69, 9.17) is 5.11 Å². The van der Waals surface area contributed by atoms with Crippen molar-refractivity contribution in [3.63, 3.8) is 0 Å². The summed E-state index contributed by atoms with van der Waals surface area (Å²) < 4.78 is 0. The Morgan fingerprint density at radius 1 is 1.47 bits per heavy atom. The molecule has 0 spiro atoms. The van der Waals surface area contributed by atoms with Crippen LogP contribution in [0.2, 0.25) is 0 Å². The van der Waals surface area contributed by atoms with Gasteiger partial charge in [0.05, 0.1) is 12.3 Å². The Balaban J connectivity index is 1.85. The molecule has 2 aliphatic heterocycles. The van der Waals surface area contributed by atoms with E-state index in [0.29, 0.717) is 19.4 Å². The molecule has 0 radical (unpaired) electrons. The van der Waals surface area contributed by atoms with Crippen LogP contribution in [0.4, 0.5) is 5.69 Å². The normalized spacial score (nSPS) is 25.7. The molecule has 0 aliphatic carbocycles. The molecule has 19 heavy (non-hydrogen) atoms. The Hall–Kier alpha value is -1.88. The number of nitrogens with zero attached hydrogens (tertiary/aromatic N) is 1. The zero-order valence-corrected chi connectivity index (χ0v) is 10.7. The van der Waals surface area contributed by atoms with Crippen LogP contribution < -0.4 is 10.2 Å². The number of carboxylic acids is 1. The van der Waals surface area contributed by atoms with Crippen LogP contribution in [0.5, 0.6) is 0 Å². The van der Waals surface area contributed by atoms with Crippen LogP contribution in [0.1, 0.15) is 23.6 Å². The van der Waals surface area contributed by atoms with E-state index in [2.05, 4.69) is 5.32 Å². The van der Waals surface area contributed by atoms with Crippen molar-refractivity contribution < 1.29 is 14.7 Å². The fourth-order valence-corrected chi connectivity index (χ4v) is 2.85. The van der Waals surface area contributed by atoms with E-state index in [9.17, 15) is 9.59 Å². The van der Waals surface area contributed by atoms with Gasteiger partial charge in [0.15, 0.2) is 0 Å². The zero-order valence-electron chi connectivity index (χ0n) is 10.7. The third-order valence-electron chi connectivity index (χ3n) is 4.07. The Labute approximate surface area is 111 Å². The minimum Gasteiger partial charge on any atom is -0.481 e. The van der Waals surface area contributed by atoms with Crippen LogP contribution in [-0.4, -0.2) is 30.6 Å². The lowest BCUT2D eigenvalue weighted by Crippen LogP contribution is -2.21. The summed E-state index contributed by atoms with van der Waals surface area (Å²) in [6.07, 6.45) is 1.06. The maximum atomic E-state index is 11.6. The van der Waals surface area contributed by atoms with Gasteiger partial charge in [0.25, 0.3) is 0 Å². The van der Waals surface area contributed by atoms with E-state index in [1.165, 1.54) is 0 Å². The predicted octanol–water partition coefficient (Wildman–Crippen LogP) is 0.941. The van der Waals surface area contributed by atoms with E-state index >= 15 is 0 Å². The lowest BCUT2D eigenvalue weighted by Gasteiger charge is -2.15. The van der Waals surface area contributed by atoms with Gasteiger partial charge >= 0.3 is 5.97 Å². The summed E-state index contributed by atoms with van der Waals surface area (Å²) in [5, 5.41) is 12.3. The van der Waals surface area contributed by atoms with Crippen molar-refractivity contribution in [1.82, 2.24) is 5.32 Å². The SMILES string of the molecule is CN1C(=O)Cc2ccc(C3CC(C(=O)O)CN3)cc21. The Kier molecular flexibility index (Phi) is 2.78. The molecule has 0 bridgehead atoms. The van der Waals surface area contributed by atoms with Gasteiger partial charge < -0.3 is 15.3 Å². The second kappa shape index (κ2) is 4.35. The topological polar surface area (TPSA) is 69.6 Å². The molecule has 2 unspecified atom stereocenters. The highest BCUT2D eigenvalue weighted by Gasteiger charge is 2.31. The molecular weight excluding hydrogens is 244 g/mol. The first kappa shape index (κ1) is 12.2. The number of benzene rings is 1. The van der Waals surface area contributed by atoms with Crippen LogP contribution in [0.15, 0.2) is 18.2 Å². The summed E-state index contributed by atoms with van der Waals surface area (Å²) in [5.74, 6) is -0.962. The Morgan fingerprint density at radius 3 is 2.95 bits per heavy atom. The van der Waals surface area contributed by atoms with Crippen molar-refractivity contribution in [2.75, 3.05) is 18.5 Å². The average Bonchev–Trinajstić information content (AvgIpc) is 2.96. The summed E-state index contributed by atoms with van der Waals surface area (Å²) in [6, 6.07) is 6.03. The van der Waals surface area contributed by atoms with Crippen LogP contribution in [0, 0.1) is 5.92 Å². The number of hydrogen-bond donors (Lipinski definition) is 2. The highest BCUT2D eigenvalue weighted by atomic mass is 16.4. The molecule has 0 saturated carbocycles. The van der Waals surface area contributed by atoms with Crippen LogP contribution >= 0.6 is 0 Å². The van der Waals surface area contributed by atoms with Gasteiger partial charge in [-0.1, -0.05) is 12.1 Å². The van der Waals surface area contributed by atoms with Gasteiger partial charge in [0.2, 0.25) is 5.91 Å². The molecule has 2 heterocycles. The third kappa shape index (κ3) is 2.00. The van der Waals surface area contributed by atoms with E-state index in [-0.39, 0.29) is 17.9 Å². The molecule has 0 aromatic heterocycles. The summed E-state index contributed by atoms with van der Waals surface area (Å²) in [7, 11) is 1.78. The molecule has 1 fully saturated rings. The minimum absolute atomic E-state index is 0.0653. The fraction of sp³-hybridized carbons (Fsp3) is 0.429. The zero-order chi connectivity index (χ0) is 13.6. The minimum atomic E-state index is -0.747. The van der Waals surface area contributed by atoms with Gasteiger partial charge in [-0.2, -0.15) is 0 Å². The van der Waals surface area contributed by atoms with Gasteiger partial charge in [0.1, 0.15) is 0 Å². The Morgan fingerprint density at radius 2 is 2.26 bits per heavy atom. The smallest absolute Gasteiger partial charge is 0.307 e. The highest BCUT2D eigenvalue weighted by Crippen LogP contribution is 2.34. The van der Waals surface area contributed by atoms with Crippen molar-refractivity contribution in [1.29, 1.82) is 0 Å². The first-order valence-electron chi connectivity index (χ1n) is 6.42. The molecule has 2 atom stereocenters. The number of amides is 1. The fourth-order valence-electron chi connectivity index (χ4n) is 2.85. The number of hydrogen-bond acceptors (Lipinski definition) is 3. The molecule has 1 aromatic rings. The second-order valence-corrected chi connectivity index (χ2v) is 5.25. The lowest BCUT2D eigenvalue weighted by molar-refractivity contribution is -0.141. The molecule has 1 amide bonds. The number of likely N-dealkylation sites (N-methyl/N-ethyl adjacent to an activating group) is 1. The van der Waals surface area contributed by atoms with Gasteiger partial charge in [0, 0.05) is 25.3 Å². The summed E-state index contributed by atoms with van der Waals surface area (Å²) in [4.78, 5) is 24.3. The van der Waals surface area contributed by atoms with Gasteiger partial charge in [-0.25, -0.2) is 0 Å². The quantitative estimate of drug-likeness (QED) is 0.830. The van der Waals surface area contributed by atoms with Crippen LogP contribution in [0.3, 0.4) is 0 Å². The largest absolute Gasteiger partial charge is 0.481 e. The van der Waals surface area contributed by atoms with Crippen molar-refractivity contribution in [3.05, 3.63) is 29.3 Å². The average molecular weight is 260 g/mol. The molecule has 2 N–H and O–H groups in total. The summed E-state index contributed by atoms with van der Waals surface area (Å²) >= 11 is 0. The first-order valence-corrected chi connectivity index (χ1v) is 6.42. The molecule has 5 heteroatoms. The number of fused-ring (bicyclic) bond motifs is 1. The van der Waals surface area contributed by atoms with E-state index in [0.717, 1.165) is 16.8 Å². The molecule has 1 aromatic carbocycles. The number of carbonyl (C=O) groups excluding carboxylic acids is 1. The maximum Gasteiger partial charge on any atom is 0.307 e. The first-order chi connectivity index (χ1) is 9.06. The summed E-state index contributed by atoms with van der Waals surface area (Å²) in [6.45, 7) is 0.506. The van der Waals surface area contributed by atoms with Gasteiger partial charge in [-0.15, -0.1) is 0 Å². The monoisotopic (exact) mass is 260 g/mol. The highest BCUT2D eigenvalue weighted by molar-refractivity contribution is 6.01. The van der Waals surface area contributed by atoms with Crippen molar-refractivity contribution in [3.8, 4) is 0 Å². The molecule has 2 aliphatic rings. The number of nitrogens with one attached hydrogen (secondary N) is 1. The third-order valence-corrected chi connectivity index (χ3v) is 4.07. The van der Waals surface area contributed by atoms with E-state index < -0.39 is 5.97 Å². The Bertz CT molecular complexity index is 556.